The molecule has 0 saturated heterocycles. The fourth-order valence-electron chi connectivity index (χ4n) is 3.56. The predicted molar refractivity (Wildman–Crippen MR) is 141 cm³/mol. The Kier molecular flexibility index (Phi) is 9.97. The lowest BCUT2D eigenvalue weighted by molar-refractivity contribution is 0.0260. The molecule has 0 atom stereocenters. The van der Waals surface area contributed by atoms with E-state index in [-0.39, 0.29) is 73.0 Å². The van der Waals surface area contributed by atoms with Crippen molar-refractivity contribution in [1.82, 2.24) is 0 Å². The van der Waals surface area contributed by atoms with Crippen LogP contribution in [0, 0.1) is 0 Å². The van der Waals surface area contributed by atoms with Crippen LogP contribution in [-0.2, 0) is 28.4 Å². The topological polar surface area (TPSA) is 158 Å². The number of hydrogen-bond acceptors (Lipinski definition) is 12. The molecule has 216 valence electrons. The van der Waals surface area contributed by atoms with Gasteiger partial charge in [0.2, 0.25) is 0 Å². The molecule has 3 heterocycles. The molecular formula is C30H24O12. The molecule has 3 aromatic rings. The molecule has 0 amide bonds. The van der Waals surface area contributed by atoms with Gasteiger partial charge >= 0.3 is 35.8 Å². The number of esters is 6. The Bertz CT molecular complexity index is 1370. The summed E-state index contributed by atoms with van der Waals surface area (Å²) in [6.45, 7) is -1.41. The molecule has 6 rings (SSSR count). The second-order valence-electron chi connectivity index (χ2n) is 8.55. The molecule has 12 heteroatoms. The zero-order valence-corrected chi connectivity index (χ0v) is 22.1. The van der Waals surface area contributed by atoms with Gasteiger partial charge in [0.15, 0.2) is 0 Å². The second-order valence-corrected chi connectivity index (χ2v) is 8.55. The minimum Gasteiger partial charge on any atom is -0.458 e. The molecule has 0 N–H and O–H groups in total. The van der Waals surface area contributed by atoms with Gasteiger partial charge in [-0.3, -0.25) is 0 Å². The maximum atomic E-state index is 12.4. The van der Waals surface area contributed by atoms with E-state index in [1.54, 1.807) is 0 Å². The number of ether oxygens (including phenoxy) is 6. The third-order valence-electron chi connectivity index (χ3n) is 5.70. The Balaban J connectivity index is 1.43. The summed E-state index contributed by atoms with van der Waals surface area (Å²) in [6, 6.07) is 16.6. The molecule has 0 saturated carbocycles. The molecule has 6 bridgehead atoms. The summed E-state index contributed by atoms with van der Waals surface area (Å²) in [5.74, 6) is -4.29. The third kappa shape index (κ3) is 8.01. The normalized spacial score (nSPS) is 16.0. The largest absolute Gasteiger partial charge is 0.458 e. The van der Waals surface area contributed by atoms with Crippen LogP contribution in [0.5, 0.6) is 0 Å². The third-order valence-corrected chi connectivity index (χ3v) is 5.70. The molecule has 3 aliphatic heterocycles. The van der Waals surface area contributed by atoms with Crippen LogP contribution in [0.4, 0.5) is 0 Å². The van der Waals surface area contributed by atoms with Crippen molar-refractivity contribution in [2.75, 3.05) is 39.6 Å². The number of benzene rings is 3. The highest BCUT2D eigenvalue weighted by Crippen LogP contribution is 2.11. The number of carbonyl (C=O) groups is 6. The van der Waals surface area contributed by atoms with Gasteiger partial charge in [0.25, 0.3) is 0 Å². The molecule has 0 aromatic heterocycles. The summed E-state index contributed by atoms with van der Waals surface area (Å²) in [5, 5.41) is 0. The summed E-state index contributed by atoms with van der Waals surface area (Å²) in [4.78, 5) is 73.8. The highest BCUT2D eigenvalue weighted by atomic mass is 16.6. The van der Waals surface area contributed by atoms with Crippen LogP contribution in [0.2, 0.25) is 0 Å². The number of rotatable bonds is 0. The van der Waals surface area contributed by atoms with Crippen molar-refractivity contribution in [1.29, 1.82) is 0 Å². The minimum absolute atomic E-state index is 0.0703. The summed E-state index contributed by atoms with van der Waals surface area (Å²) >= 11 is 0. The van der Waals surface area contributed by atoms with E-state index in [4.69, 9.17) is 28.4 Å². The summed E-state index contributed by atoms with van der Waals surface area (Å²) < 4.78 is 30.6. The molecule has 3 aliphatic rings. The molecule has 0 radical (unpaired) electrons. The lowest BCUT2D eigenvalue weighted by Crippen LogP contribution is -2.16. The first-order chi connectivity index (χ1) is 20.3. The van der Waals surface area contributed by atoms with Crippen molar-refractivity contribution in [3.63, 3.8) is 0 Å². The fourth-order valence-corrected chi connectivity index (χ4v) is 3.56. The van der Waals surface area contributed by atoms with Crippen molar-refractivity contribution in [3.05, 3.63) is 106 Å². The Morgan fingerprint density at radius 3 is 0.762 bits per heavy atom. The molecular weight excluding hydrogens is 552 g/mol. The van der Waals surface area contributed by atoms with E-state index in [1.807, 2.05) is 0 Å². The Labute approximate surface area is 239 Å². The van der Waals surface area contributed by atoms with E-state index in [9.17, 15) is 28.8 Å². The van der Waals surface area contributed by atoms with Gasteiger partial charge in [-0.2, -0.15) is 0 Å². The standard InChI is InChI=1S/C30H24O12/c31-25-19-4-8-21(9-5-19)27(33)39-14-16-41-29(35)23-2-1-3-24(18-23)30(36)42-17-15-40-28(34)22-10-6-20(7-11-22)26(32)38-13-12-37-25/h1-11,18H,12-17H2. The van der Waals surface area contributed by atoms with Crippen LogP contribution in [0.25, 0.3) is 0 Å². The van der Waals surface area contributed by atoms with Gasteiger partial charge in [-0.1, -0.05) is 6.07 Å². The Morgan fingerprint density at radius 2 is 0.524 bits per heavy atom. The van der Waals surface area contributed by atoms with E-state index < -0.39 is 35.8 Å². The molecule has 3 aromatic carbocycles. The van der Waals surface area contributed by atoms with Crippen molar-refractivity contribution >= 4 is 35.8 Å². The first-order valence-corrected chi connectivity index (χ1v) is 12.6. The lowest BCUT2D eigenvalue weighted by atomic mass is 10.1. The maximum absolute atomic E-state index is 12.4. The number of carbonyl (C=O) groups excluding carboxylic acids is 6. The van der Waals surface area contributed by atoms with Gasteiger partial charge in [-0.15, -0.1) is 0 Å². The molecule has 0 unspecified atom stereocenters. The monoisotopic (exact) mass is 576 g/mol. The van der Waals surface area contributed by atoms with Crippen LogP contribution in [0.15, 0.2) is 72.8 Å². The van der Waals surface area contributed by atoms with Crippen molar-refractivity contribution in [3.8, 4) is 0 Å². The molecule has 42 heavy (non-hydrogen) atoms. The molecule has 0 fully saturated rings. The maximum Gasteiger partial charge on any atom is 0.338 e. The van der Waals surface area contributed by atoms with E-state index in [1.165, 1.54) is 72.8 Å². The Hall–Kier alpha value is -5.52. The van der Waals surface area contributed by atoms with Gasteiger partial charge in [0.1, 0.15) is 39.6 Å². The van der Waals surface area contributed by atoms with Crippen molar-refractivity contribution < 1.29 is 57.2 Å². The van der Waals surface area contributed by atoms with Crippen LogP contribution in [0.1, 0.15) is 62.1 Å². The predicted octanol–water partition coefficient (Wildman–Crippen LogP) is 3.04. The summed E-state index contributed by atoms with van der Waals surface area (Å²) in [6.07, 6.45) is 0. The summed E-state index contributed by atoms with van der Waals surface area (Å²) in [5.41, 5.74) is 0.760. The van der Waals surface area contributed by atoms with E-state index in [2.05, 4.69) is 0 Å². The number of hydrogen-bond donors (Lipinski definition) is 0. The van der Waals surface area contributed by atoms with E-state index in [0.717, 1.165) is 0 Å². The molecule has 0 spiro atoms. The minimum atomic E-state index is -0.750. The van der Waals surface area contributed by atoms with E-state index >= 15 is 0 Å². The zero-order valence-electron chi connectivity index (χ0n) is 22.1. The zero-order chi connectivity index (χ0) is 29.9. The van der Waals surface area contributed by atoms with Gasteiger partial charge in [-0.05, 0) is 66.7 Å². The fraction of sp³-hybridized carbons (Fsp3) is 0.200. The quantitative estimate of drug-likeness (QED) is 0.285. The van der Waals surface area contributed by atoms with Gasteiger partial charge < -0.3 is 28.4 Å². The van der Waals surface area contributed by atoms with Crippen LogP contribution >= 0.6 is 0 Å². The average Bonchev–Trinajstić information content (AvgIpc) is 3.02. The van der Waals surface area contributed by atoms with Crippen LogP contribution < -0.4 is 0 Å². The second kappa shape index (κ2) is 14.2. The van der Waals surface area contributed by atoms with Gasteiger partial charge in [-0.25, -0.2) is 28.8 Å². The average molecular weight is 577 g/mol. The first kappa shape index (κ1) is 29.5. The van der Waals surface area contributed by atoms with Crippen molar-refractivity contribution in [2.45, 2.75) is 0 Å². The molecule has 0 aliphatic carbocycles. The van der Waals surface area contributed by atoms with Crippen LogP contribution in [-0.4, -0.2) is 75.5 Å². The lowest BCUT2D eigenvalue weighted by Gasteiger charge is -2.09. The first-order valence-electron chi connectivity index (χ1n) is 12.6. The highest BCUT2D eigenvalue weighted by Gasteiger charge is 2.16. The van der Waals surface area contributed by atoms with Crippen molar-refractivity contribution in [2.24, 2.45) is 0 Å². The molecule has 12 nitrogen and oxygen atoms in total. The highest BCUT2D eigenvalue weighted by molar-refractivity contribution is 5.96. The number of fused-ring (bicyclic) bond motifs is 2. The smallest absolute Gasteiger partial charge is 0.338 e. The SMILES string of the molecule is O=C1OCCOC(=O)c2ccc(cc2)C(=O)OCCOC(=O)c2cccc(c2)C(=O)OCCOC(=O)c2ccc1cc2. The summed E-state index contributed by atoms with van der Waals surface area (Å²) in [7, 11) is 0. The van der Waals surface area contributed by atoms with Gasteiger partial charge in [0, 0.05) is 0 Å². The Morgan fingerprint density at radius 1 is 0.310 bits per heavy atom. The van der Waals surface area contributed by atoms with Gasteiger partial charge in [0.05, 0.1) is 33.4 Å². The van der Waals surface area contributed by atoms with Crippen LogP contribution in [0.3, 0.4) is 0 Å². The van der Waals surface area contributed by atoms with E-state index in [0.29, 0.717) is 0 Å².